The Labute approximate surface area is 78.3 Å². The lowest BCUT2D eigenvalue weighted by Gasteiger charge is -2.24. The molecule has 1 aliphatic rings. The normalized spacial score (nSPS) is 21.2. The van der Waals surface area contributed by atoms with E-state index >= 15 is 0 Å². The van der Waals surface area contributed by atoms with E-state index in [2.05, 4.69) is 29.1 Å². The van der Waals surface area contributed by atoms with Crippen LogP contribution < -0.4 is 5.01 Å². The summed E-state index contributed by atoms with van der Waals surface area (Å²) in [4.78, 5) is 2.08. The zero-order valence-corrected chi connectivity index (χ0v) is 7.88. The molecule has 0 fully saturated rings. The first kappa shape index (κ1) is 8.10. The monoisotopic (exact) mass is 175 g/mol. The average molecular weight is 175 g/mol. The Kier molecular flexibility index (Phi) is 1.93. The van der Waals surface area contributed by atoms with Crippen LogP contribution in [0.4, 0.5) is 5.69 Å². The van der Waals surface area contributed by atoms with Crippen LogP contribution in [0.2, 0.25) is 0 Å². The summed E-state index contributed by atoms with van der Waals surface area (Å²) in [6.07, 6.45) is 2.15. The summed E-state index contributed by atoms with van der Waals surface area (Å²) < 4.78 is 0. The van der Waals surface area contributed by atoms with Crippen LogP contribution in [0.3, 0.4) is 0 Å². The second kappa shape index (κ2) is 3.09. The highest BCUT2D eigenvalue weighted by Gasteiger charge is 2.20. The lowest BCUT2D eigenvalue weighted by Crippen LogP contribution is -2.34. The van der Waals surface area contributed by atoms with Gasteiger partial charge in [0.1, 0.15) is 12.5 Å². The van der Waals surface area contributed by atoms with Crippen molar-refractivity contribution in [2.45, 2.75) is 13.1 Å². The van der Waals surface area contributed by atoms with Gasteiger partial charge in [-0.05, 0) is 19.1 Å². The summed E-state index contributed by atoms with van der Waals surface area (Å²) >= 11 is 0. The maximum absolute atomic E-state index is 4.30. The van der Waals surface area contributed by atoms with Gasteiger partial charge in [-0.3, -0.25) is 0 Å². The topological polar surface area (TPSA) is 18.8 Å². The molecule has 2 rings (SSSR count). The molecule has 0 amide bonds. The first-order chi connectivity index (χ1) is 6.29. The second-order valence-corrected chi connectivity index (χ2v) is 3.21. The molecule has 0 bridgehead atoms. The number of anilines is 1. The van der Waals surface area contributed by atoms with Crippen LogP contribution in [-0.4, -0.2) is 24.5 Å². The molecule has 0 saturated carbocycles. The number of nitrogens with zero attached hydrogens (tertiary/aromatic N) is 3. The number of para-hydroxylation sites is 1. The number of rotatable bonds is 1. The van der Waals surface area contributed by atoms with Crippen molar-refractivity contribution < 1.29 is 0 Å². The molecule has 0 aliphatic carbocycles. The standard InChI is InChI=1S/C10H13N3/c1-9-12(2)8-11-13(9)10-6-4-3-5-7-10/h3-9H,1-2H3. The molecule has 3 nitrogen and oxygen atoms in total. The van der Waals surface area contributed by atoms with Crippen molar-refractivity contribution in [1.29, 1.82) is 0 Å². The van der Waals surface area contributed by atoms with Crippen molar-refractivity contribution in [3.8, 4) is 0 Å². The number of hydrogen-bond donors (Lipinski definition) is 0. The van der Waals surface area contributed by atoms with Gasteiger partial charge in [-0.25, -0.2) is 5.01 Å². The lowest BCUT2D eigenvalue weighted by atomic mass is 10.3. The predicted molar refractivity (Wildman–Crippen MR) is 54.6 cm³/mol. The van der Waals surface area contributed by atoms with E-state index in [4.69, 9.17) is 0 Å². The molecule has 1 aliphatic heterocycles. The van der Waals surface area contributed by atoms with Gasteiger partial charge in [0, 0.05) is 7.05 Å². The molecule has 1 aromatic carbocycles. The Morgan fingerprint density at radius 1 is 1.23 bits per heavy atom. The molecule has 0 N–H and O–H groups in total. The summed E-state index contributed by atoms with van der Waals surface area (Å²) in [5, 5.41) is 6.30. The van der Waals surface area contributed by atoms with E-state index in [-0.39, 0.29) is 0 Å². The summed E-state index contributed by atoms with van der Waals surface area (Å²) in [5.41, 5.74) is 1.13. The van der Waals surface area contributed by atoms with E-state index in [0.717, 1.165) is 5.69 Å². The Morgan fingerprint density at radius 3 is 2.46 bits per heavy atom. The number of benzene rings is 1. The Morgan fingerprint density at radius 2 is 1.92 bits per heavy atom. The Hall–Kier alpha value is -1.51. The highest BCUT2D eigenvalue weighted by molar-refractivity contribution is 5.63. The third-order valence-electron chi connectivity index (χ3n) is 2.32. The quantitative estimate of drug-likeness (QED) is 0.647. The fourth-order valence-electron chi connectivity index (χ4n) is 1.37. The molecule has 68 valence electrons. The highest BCUT2D eigenvalue weighted by Crippen LogP contribution is 2.20. The van der Waals surface area contributed by atoms with Crippen LogP contribution in [0.5, 0.6) is 0 Å². The molecule has 13 heavy (non-hydrogen) atoms. The fraction of sp³-hybridized carbons (Fsp3) is 0.300. The van der Waals surface area contributed by atoms with Gasteiger partial charge >= 0.3 is 0 Å². The first-order valence-corrected chi connectivity index (χ1v) is 4.39. The predicted octanol–water partition coefficient (Wildman–Crippen LogP) is 1.73. The van der Waals surface area contributed by atoms with Crippen LogP contribution in [-0.2, 0) is 0 Å². The molecule has 1 atom stereocenters. The molecular weight excluding hydrogens is 162 g/mol. The SMILES string of the molecule is CC1N(C)C=NN1c1ccccc1. The van der Waals surface area contributed by atoms with Gasteiger partial charge in [0.15, 0.2) is 0 Å². The Bertz CT molecular complexity index is 307. The van der Waals surface area contributed by atoms with Crippen molar-refractivity contribution in [3.05, 3.63) is 30.3 Å². The fourth-order valence-corrected chi connectivity index (χ4v) is 1.37. The van der Waals surface area contributed by atoms with Crippen molar-refractivity contribution in [2.24, 2.45) is 5.10 Å². The smallest absolute Gasteiger partial charge is 0.121 e. The lowest BCUT2D eigenvalue weighted by molar-refractivity contribution is 0.421. The zero-order valence-electron chi connectivity index (χ0n) is 7.88. The van der Waals surface area contributed by atoms with E-state index in [1.54, 1.807) is 0 Å². The van der Waals surface area contributed by atoms with Crippen LogP contribution >= 0.6 is 0 Å². The van der Waals surface area contributed by atoms with Crippen molar-refractivity contribution in [1.82, 2.24) is 4.90 Å². The Balaban J connectivity index is 2.24. The zero-order chi connectivity index (χ0) is 9.26. The summed E-state index contributed by atoms with van der Waals surface area (Å²) in [5.74, 6) is 0. The maximum atomic E-state index is 4.30. The van der Waals surface area contributed by atoms with Crippen LogP contribution in [0.15, 0.2) is 35.4 Å². The van der Waals surface area contributed by atoms with E-state index < -0.39 is 0 Å². The summed E-state index contributed by atoms with van der Waals surface area (Å²) in [7, 11) is 2.02. The van der Waals surface area contributed by atoms with Crippen molar-refractivity contribution >= 4 is 12.0 Å². The van der Waals surface area contributed by atoms with Gasteiger partial charge in [-0.1, -0.05) is 18.2 Å². The van der Waals surface area contributed by atoms with Gasteiger partial charge in [-0.15, -0.1) is 0 Å². The van der Waals surface area contributed by atoms with E-state index in [1.165, 1.54) is 0 Å². The van der Waals surface area contributed by atoms with E-state index in [0.29, 0.717) is 6.17 Å². The van der Waals surface area contributed by atoms with Crippen LogP contribution in [0.25, 0.3) is 0 Å². The van der Waals surface area contributed by atoms with Gasteiger partial charge < -0.3 is 4.90 Å². The van der Waals surface area contributed by atoms with Crippen molar-refractivity contribution in [2.75, 3.05) is 12.1 Å². The molecule has 0 radical (unpaired) electrons. The third kappa shape index (κ3) is 1.37. The van der Waals surface area contributed by atoms with Gasteiger partial charge in [0.25, 0.3) is 0 Å². The molecule has 0 saturated heterocycles. The van der Waals surface area contributed by atoms with Gasteiger partial charge in [0.2, 0.25) is 0 Å². The molecular formula is C10H13N3. The molecule has 1 unspecified atom stereocenters. The van der Waals surface area contributed by atoms with Crippen molar-refractivity contribution in [3.63, 3.8) is 0 Å². The van der Waals surface area contributed by atoms with Gasteiger partial charge in [-0.2, -0.15) is 5.10 Å². The molecule has 1 aromatic rings. The number of hydrazone groups is 1. The largest absolute Gasteiger partial charge is 0.342 e. The second-order valence-electron chi connectivity index (χ2n) is 3.21. The number of hydrogen-bond acceptors (Lipinski definition) is 3. The maximum Gasteiger partial charge on any atom is 0.121 e. The summed E-state index contributed by atoms with van der Waals surface area (Å²) in [6, 6.07) is 10.2. The minimum Gasteiger partial charge on any atom is -0.342 e. The minimum absolute atomic E-state index is 0.308. The molecule has 0 spiro atoms. The average Bonchev–Trinajstić information content (AvgIpc) is 2.49. The van der Waals surface area contributed by atoms with Crippen LogP contribution in [0.1, 0.15) is 6.92 Å². The minimum atomic E-state index is 0.308. The highest BCUT2D eigenvalue weighted by atomic mass is 15.6. The summed E-state index contributed by atoms with van der Waals surface area (Å²) in [6.45, 7) is 2.12. The molecule has 1 heterocycles. The van der Waals surface area contributed by atoms with Gasteiger partial charge in [0.05, 0.1) is 5.69 Å². The van der Waals surface area contributed by atoms with Crippen LogP contribution in [0, 0.1) is 0 Å². The first-order valence-electron chi connectivity index (χ1n) is 4.39. The van der Waals surface area contributed by atoms with E-state index in [1.807, 2.05) is 36.6 Å². The molecule has 0 aromatic heterocycles. The molecule has 3 heteroatoms. The van der Waals surface area contributed by atoms with E-state index in [9.17, 15) is 0 Å². The third-order valence-corrected chi connectivity index (χ3v) is 2.32.